The van der Waals surface area contributed by atoms with E-state index < -0.39 is 0 Å². The number of aliphatic hydroxyl groups excluding tert-OH is 1. The number of aliphatic hydroxyl groups is 1. The third kappa shape index (κ3) is 5.05. The second-order valence-electron chi connectivity index (χ2n) is 4.00. The van der Waals surface area contributed by atoms with E-state index in [1.807, 2.05) is 18.2 Å². The molecule has 0 aliphatic carbocycles. The molecular weight excluding hydrogens is 296 g/mol. The minimum atomic E-state index is -0.0171. The second-order valence-corrected chi connectivity index (χ2v) is 4.85. The molecule has 4 nitrogen and oxygen atoms in total. The predicted octanol–water partition coefficient (Wildman–Crippen LogP) is 1.99. The minimum absolute atomic E-state index is 0.0155. The van der Waals surface area contributed by atoms with Crippen molar-refractivity contribution in [1.82, 2.24) is 0 Å². The molecule has 0 spiro atoms. The number of nitrogens with zero attached hydrogens (tertiary/aromatic N) is 1. The lowest BCUT2D eigenvalue weighted by molar-refractivity contribution is 0.200. The van der Waals surface area contributed by atoms with Gasteiger partial charge in [-0.1, -0.05) is 6.07 Å². The number of rotatable bonds is 7. The zero-order valence-electron chi connectivity index (χ0n) is 10.1. The van der Waals surface area contributed by atoms with Crippen LogP contribution in [0, 0.1) is 11.3 Å². The molecule has 0 radical (unpaired) electrons. The number of hydrogen-bond acceptors (Lipinski definition) is 4. The molecule has 0 aliphatic rings. The smallest absolute Gasteiger partial charge is 0.133 e. The Morgan fingerprint density at radius 1 is 1.50 bits per heavy atom. The monoisotopic (exact) mass is 312 g/mol. The summed E-state index contributed by atoms with van der Waals surface area (Å²) in [6, 6.07) is 7.86. The summed E-state index contributed by atoms with van der Waals surface area (Å²) in [7, 11) is 0. The Kier molecular flexibility index (Phi) is 6.73. The van der Waals surface area contributed by atoms with Gasteiger partial charge in [0.25, 0.3) is 0 Å². The Bertz CT molecular complexity index is 418. The molecule has 1 aromatic carbocycles. The summed E-state index contributed by atoms with van der Waals surface area (Å²) in [5, 5.41) is 17.2. The van der Waals surface area contributed by atoms with Crippen LogP contribution in [0.1, 0.15) is 18.4 Å². The van der Waals surface area contributed by atoms with Gasteiger partial charge in [0.15, 0.2) is 0 Å². The highest BCUT2D eigenvalue weighted by molar-refractivity contribution is 9.10. The molecule has 3 N–H and O–H groups in total. The van der Waals surface area contributed by atoms with Crippen LogP contribution in [0.15, 0.2) is 22.7 Å². The number of hydrogen-bond donors (Lipinski definition) is 2. The molecule has 0 heterocycles. The Labute approximate surface area is 115 Å². The first-order valence-electron chi connectivity index (χ1n) is 5.82. The van der Waals surface area contributed by atoms with Crippen LogP contribution in [0.25, 0.3) is 0 Å². The second kappa shape index (κ2) is 8.09. The predicted molar refractivity (Wildman–Crippen MR) is 73.2 cm³/mol. The van der Waals surface area contributed by atoms with Crippen LogP contribution in [-0.4, -0.2) is 24.4 Å². The Balaban J connectivity index is 2.63. The molecule has 5 heteroatoms. The van der Waals surface area contributed by atoms with E-state index in [0.29, 0.717) is 25.0 Å². The van der Waals surface area contributed by atoms with Crippen molar-refractivity contribution in [3.63, 3.8) is 0 Å². The number of ether oxygens (including phenoxy) is 1. The van der Waals surface area contributed by atoms with Crippen molar-refractivity contribution in [3.05, 3.63) is 28.2 Å². The third-order valence-electron chi connectivity index (χ3n) is 2.47. The van der Waals surface area contributed by atoms with E-state index in [0.717, 1.165) is 10.0 Å². The molecular formula is C13H17BrN2O2. The molecule has 0 saturated heterocycles. The topological polar surface area (TPSA) is 79.3 Å². The molecule has 0 aromatic heterocycles. The van der Waals surface area contributed by atoms with Gasteiger partial charge in [-0.05, 0) is 46.5 Å². The molecule has 0 saturated carbocycles. The minimum Gasteiger partial charge on any atom is -0.490 e. The van der Waals surface area contributed by atoms with Gasteiger partial charge in [-0.2, -0.15) is 5.26 Å². The number of nitriles is 1. The van der Waals surface area contributed by atoms with Crippen molar-refractivity contribution in [3.8, 4) is 11.8 Å². The van der Waals surface area contributed by atoms with Crippen molar-refractivity contribution in [2.24, 2.45) is 5.73 Å². The summed E-state index contributed by atoms with van der Waals surface area (Å²) in [6.45, 7) is 0.251. The molecule has 98 valence electrons. The van der Waals surface area contributed by atoms with Gasteiger partial charge in [0.05, 0.1) is 17.1 Å². The van der Waals surface area contributed by atoms with Gasteiger partial charge in [0.1, 0.15) is 12.4 Å². The summed E-state index contributed by atoms with van der Waals surface area (Å²) in [5.74, 6) is 0.703. The summed E-state index contributed by atoms with van der Waals surface area (Å²) in [4.78, 5) is 0. The van der Waals surface area contributed by atoms with Crippen molar-refractivity contribution >= 4 is 15.9 Å². The summed E-state index contributed by atoms with van der Waals surface area (Å²) in [5.41, 5.74) is 7.00. The van der Waals surface area contributed by atoms with Gasteiger partial charge in [0, 0.05) is 12.5 Å². The molecule has 0 fully saturated rings. The largest absolute Gasteiger partial charge is 0.490 e. The first-order chi connectivity index (χ1) is 8.67. The lowest BCUT2D eigenvalue weighted by atomic mass is 10.0. The Morgan fingerprint density at radius 3 is 2.94 bits per heavy atom. The van der Waals surface area contributed by atoms with E-state index in [4.69, 9.17) is 20.8 Å². The van der Waals surface area contributed by atoms with Crippen molar-refractivity contribution in [1.29, 1.82) is 5.26 Å². The Hall–Kier alpha value is -1.09. The summed E-state index contributed by atoms with van der Waals surface area (Å²) < 4.78 is 6.25. The van der Waals surface area contributed by atoms with Crippen molar-refractivity contribution in [2.75, 3.05) is 13.2 Å². The number of nitrogens with two attached hydrogens (primary N) is 1. The zero-order valence-corrected chi connectivity index (χ0v) is 11.7. The first kappa shape index (κ1) is 15.0. The molecule has 0 aliphatic heterocycles. The van der Waals surface area contributed by atoms with E-state index in [1.54, 1.807) is 0 Å². The molecule has 18 heavy (non-hydrogen) atoms. The van der Waals surface area contributed by atoms with Crippen LogP contribution < -0.4 is 10.5 Å². The maximum absolute atomic E-state index is 8.74. The average Bonchev–Trinajstić information content (AvgIpc) is 2.37. The van der Waals surface area contributed by atoms with Crippen LogP contribution in [0.2, 0.25) is 0 Å². The lowest BCUT2D eigenvalue weighted by Crippen LogP contribution is -2.22. The molecule has 1 atom stereocenters. The van der Waals surface area contributed by atoms with Crippen LogP contribution in [-0.2, 0) is 6.42 Å². The summed E-state index contributed by atoms with van der Waals surface area (Å²) >= 11 is 3.39. The summed E-state index contributed by atoms with van der Waals surface area (Å²) in [6.07, 6.45) is 1.88. The lowest BCUT2D eigenvalue weighted by Gasteiger charge is -2.12. The average molecular weight is 313 g/mol. The number of benzene rings is 1. The van der Waals surface area contributed by atoms with E-state index in [9.17, 15) is 0 Å². The van der Waals surface area contributed by atoms with E-state index >= 15 is 0 Å². The van der Waals surface area contributed by atoms with Crippen LogP contribution in [0.4, 0.5) is 0 Å². The SMILES string of the molecule is N#CCCC(N)Cc1ccc(Br)c(OCCO)c1. The fourth-order valence-corrected chi connectivity index (χ4v) is 1.96. The van der Waals surface area contributed by atoms with Gasteiger partial charge < -0.3 is 15.6 Å². The normalized spacial score (nSPS) is 11.9. The molecule has 1 aromatic rings. The van der Waals surface area contributed by atoms with Crippen LogP contribution >= 0.6 is 15.9 Å². The number of halogens is 1. The fourth-order valence-electron chi connectivity index (χ4n) is 1.60. The highest BCUT2D eigenvalue weighted by atomic mass is 79.9. The molecule has 0 bridgehead atoms. The fraction of sp³-hybridized carbons (Fsp3) is 0.462. The highest BCUT2D eigenvalue weighted by Gasteiger charge is 2.07. The first-order valence-corrected chi connectivity index (χ1v) is 6.61. The molecule has 1 unspecified atom stereocenters. The van der Waals surface area contributed by atoms with Crippen molar-refractivity contribution in [2.45, 2.75) is 25.3 Å². The van der Waals surface area contributed by atoms with Gasteiger partial charge in [-0.15, -0.1) is 0 Å². The highest BCUT2D eigenvalue weighted by Crippen LogP contribution is 2.26. The van der Waals surface area contributed by atoms with Crippen LogP contribution in [0.5, 0.6) is 5.75 Å². The van der Waals surface area contributed by atoms with Gasteiger partial charge in [-0.3, -0.25) is 0 Å². The molecule has 1 rings (SSSR count). The third-order valence-corrected chi connectivity index (χ3v) is 3.12. The van der Waals surface area contributed by atoms with E-state index in [1.165, 1.54) is 0 Å². The van der Waals surface area contributed by atoms with Crippen LogP contribution in [0.3, 0.4) is 0 Å². The van der Waals surface area contributed by atoms with E-state index in [2.05, 4.69) is 22.0 Å². The van der Waals surface area contributed by atoms with Gasteiger partial charge >= 0.3 is 0 Å². The standard InChI is InChI=1S/C13H17BrN2O2/c14-12-4-3-10(8-11(16)2-1-5-15)9-13(12)18-7-6-17/h3-4,9,11,17H,1-2,6-8,16H2. The molecule has 0 amide bonds. The maximum Gasteiger partial charge on any atom is 0.133 e. The Morgan fingerprint density at radius 2 is 2.28 bits per heavy atom. The maximum atomic E-state index is 8.74. The van der Waals surface area contributed by atoms with Crippen molar-refractivity contribution < 1.29 is 9.84 Å². The zero-order chi connectivity index (χ0) is 13.4. The van der Waals surface area contributed by atoms with E-state index in [-0.39, 0.29) is 19.3 Å². The quantitative estimate of drug-likeness (QED) is 0.807. The van der Waals surface area contributed by atoms with Gasteiger partial charge in [0.2, 0.25) is 0 Å². The van der Waals surface area contributed by atoms with Gasteiger partial charge in [-0.25, -0.2) is 0 Å².